The third-order valence-electron chi connectivity index (χ3n) is 4.78. The molecule has 0 aliphatic carbocycles. The first-order chi connectivity index (χ1) is 10.1. The summed E-state index contributed by atoms with van der Waals surface area (Å²) in [5, 5.41) is 3.99. The van der Waals surface area contributed by atoms with Crippen LogP contribution in [-0.2, 0) is 18.6 Å². The van der Waals surface area contributed by atoms with E-state index in [0.29, 0.717) is 13.0 Å². The summed E-state index contributed by atoms with van der Waals surface area (Å²) < 4.78 is 23.6. The first-order valence-electron chi connectivity index (χ1n) is 7.78. The van der Waals surface area contributed by atoms with Gasteiger partial charge in [0.05, 0.1) is 18.8 Å². The maximum absolute atomic E-state index is 8.82. The molecule has 2 rings (SSSR count). The van der Waals surface area contributed by atoms with E-state index in [2.05, 4.69) is 43.9 Å². The largest absolute Gasteiger partial charge is 0.392 e. The van der Waals surface area contributed by atoms with E-state index in [0.717, 1.165) is 0 Å². The van der Waals surface area contributed by atoms with Crippen LogP contribution in [0.2, 0.25) is 18.1 Å². The van der Waals surface area contributed by atoms with E-state index >= 15 is 0 Å². The summed E-state index contributed by atoms with van der Waals surface area (Å²) in [6.45, 7) is 13.2. The maximum Gasteiger partial charge on any atom is 0.195 e. The van der Waals surface area contributed by atoms with E-state index in [1.165, 1.54) is 0 Å². The van der Waals surface area contributed by atoms with Crippen molar-refractivity contribution in [3.05, 3.63) is 10.4 Å². The lowest BCUT2D eigenvalue weighted by Crippen LogP contribution is -2.57. The monoisotopic (exact) mass is 329 g/mol. The van der Waals surface area contributed by atoms with Gasteiger partial charge in [-0.2, -0.15) is 0 Å². The highest BCUT2D eigenvalue weighted by atomic mass is 28.4. The number of rotatable bonds is 3. The van der Waals surface area contributed by atoms with Crippen molar-refractivity contribution in [3.63, 3.8) is 0 Å². The summed E-state index contributed by atoms with van der Waals surface area (Å²) in [6.07, 6.45) is -0.684. The maximum atomic E-state index is 8.82. The molecule has 0 unspecified atom stereocenters. The molecule has 0 spiro atoms. The zero-order valence-corrected chi connectivity index (χ0v) is 15.3. The van der Waals surface area contributed by atoms with Crippen molar-refractivity contribution < 1.29 is 18.6 Å². The Labute approximate surface area is 133 Å². The third kappa shape index (κ3) is 3.82. The highest BCUT2D eigenvalue weighted by Crippen LogP contribution is 2.40. The average molecular weight is 329 g/mol. The van der Waals surface area contributed by atoms with Crippen molar-refractivity contribution in [1.82, 2.24) is 0 Å². The van der Waals surface area contributed by atoms with Crippen LogP contribution in [0.5, 0.6) is 0 Å². The van der Waals surface area contributed by atoms with Crippen molar-refractivity contribution in [2.24, 2.45) is 5.11 Å². The molecule has 2 heterocycles. The van der Waals surface area contributed by atoms with Gasteiger partial charge in [0.15, 0.2) is 14.6 Å². The summed E-state index contributed by atoms with van der Waals surface area (Å²) >= 11 is 0. The van der Waals surface area contributed by atoms with E-state index in [9.17, 15) is 0 Å². The summed E-state index contributed by atoms with van der Waals surface area (Å²) in [5.41, 5.74) is 8.82. The van der Waals surface area contributed by atoms with Crippen LogP contribution in [0.4, 0.5) is 0 Å². The van der Waals surface area contributed by atoms with Crippen LogP contribution in [0, 0.1) is 0 Å². The summed E-state index contributed by atoms with van der Waals surface area (Å²) in [7, 11) is -1.96. The predicted octanol–water partition coefficient (Wildman–Crippen LogP) is 3.56. The van der Waals surface area contributed by atoms with E-state index in [-0.39, 0.29) is 35.9 Å². The second-order valence-corrected chi connectivity index (χ2v) is 12.2. The van der Waals surface area contributed by atoms with Crippen molar-refractivity contribution in [3.8, 4) is 0 Å². The van der Waals surface area contributed by atoms with Gasteiger partial charge in [0, 0.05) is 11.3 Å². The number of hydrogen-bond donors (Lipinski definition) is 0. The van der Waals surface area contributed by atoms with Gasteiger partial charge in [0.1, 0.15) is 12.4 Å². The Balaban J connectivity index is 2.11. The second kappa shape index (κ2) is 6.47. The molecule has 0 aromatic rings. The zero-order chi connectivity index (χ0) is 16.5. The van der Waals surface area contributed by atoms with E-state index in [1.807, 2.05) is 6.92 Å². The average Bonchev–Trinajstić information content (AvgIpc) is 2.38. The molecule has 22 heavy (non-hydrogen) atoms. The molecule has 5 atom stereocenters. The fraction of sp³-hybridized carbons (Fsp3) is 1.00. The molecule has 8 heteroatoms. The molecule has 0 aromatic heterocycles. The lowest BCUT2D eigenvalue weighted by molar-refractivity contribution is -0.303. The van der Waals surface area contributed by atoms with Gasteiger partial charge in [-0.05, 0) is 30.6 Å². The minimum atomic E-state index is -1.96. The standard InChI is InChI=1S/C14H27N3O4Si/c1-9-18-8-11-13(19-9)10(16-17-15)7-12(20-11)21-22(5,6)14(2,3)4/h9-13H,7-8H2,1-6H3/t9-,10-,11-,12+,13+/m1/s1. The number of hydrogen-bond acceptors (Lipinski definition) is 5. The van der Waals surface area contributed by atoms with E-state index in [1.54, 1.807) is 0 Å². The minimum absolute atomic E-state index is 0.0925. The SMILES string of the molecule is C[C@@H]1OC[C@H]2O[C@@H](O[Si](C)(C)C(C)(C)C)C[C@@H](N=[N+]=[N-])[C@@H]2O1. The Morgan fingerprint density at radius 1 is 1.27 bits per heavy atom. The Kier molecular flexibility index (Phi) is 5.21. The highest BCUT2D eigenvalue weighted by Gasteiger charge is 2.46. The number of fused-ring (bicyclic) bond motifs is 1. The van der Waals surface area contributed by atoms with Gasteiger partial charge in [-0.15, -0.1) is 0 Å². The molecule has 0 bridgehead atoms. The van der Waals surface area contributed by atoms with Gasteiger partial charge < -0.3 is 18.6 Å². The molecule has 0 saturated carbocycles. The van der Waals surface area contributed by atoms with Gasteiger partial charge in [-0.25, -0.2) is 0 Å². The van der Waals surface area contributed by atoms with Gasteiger partial charge in [0.2, 0.25) is 0 Å². The topological polar surface area (TPSA) is 85.7 Å². The quantitative estimate of drug-likeness (QED) is 0.343. The van der Waals surface area contributed by atoms with Crippen LogP contribution in [0.15, 0.2) is 5.11 Å². The predicted molar refractivity (Wildman–Crippen MR) is 84.8 cm³/mol. The first-order valence-corrected chi connectivity index (χ1v) is 10.7. The van der Waals surface area contributed by atoms with Crippen molar-refractivity contribution in [1.29, 1.82) is 0 Å². The van der Waals surface area contributed by atoms with Crippen LogP contribution in [0.25, 0.3) is 10.4 Å². The molecule has 0 N–H and O–H groups in total. The molecule has 2 fully saturated rings. The molecule has 7 nitrogen and oxygen atoms in total. The Hall–Kier alpha value is -0.633. The van der Waals surface area contributed by atoms with Gasteiger partial charge in [0.25, 0.3) is 0 Å². The van der Waals surface area contributed by atoms with E-state index in [4.69, 9.17) is 24.2 Å². The van der Waals surface area contributed by atoms with Gasteiger partial charge in [-0.3, -0.25) is 0 Å². The highest BCUT2D eigenvalue weighted by molar-refractivity contribution is 6.74. The summed E-state index contributed by atoms with van der Waals surface area (Å²) in [4.78, 5) is 2.96. The summed E-state index contributed by atoms with van der Waals surface area (Å²) in [5.74, 6) is 0. The van der Waals surface area contributed by atoms with E-state index < -0.39 is 8.32 Å². The number of nitrogens with zero attached hydrogens (tertiary/aromatic N) is 3. The Morgan fingerprint density at radius 3 is 2.55 bits per heavy atom. The molecule has 2 saturated heterocycles. The fourth-order valence-corrected chi connectivity index (χ4v) is 3.63. The van der Waals surface area contributed by atoms with Crippen molar-refractivity contribution in [2.75, 3.05) is 6.61 Å². The lowest BCUT2D eigenvalue weighted by atomic mass is 9.99. The number of ether oxygens (including phenoxy) is 3. The van der Waals surface area contributed by atoms with Crippen LogP contribution < -0.4 is 0 Å². The minimum Gasteiger partial charge on any atom is -0.392 e. The lowest BCUT2D eigenvalue weighted by Gasteiger charge is -2.47. The number of azide groups is 1. The van der Waals surface area contributed by atoms with Crippen LogP contribution >= 0.6 is 0 Å². The van der Waals surface area contributed by atoms with Crippen LogP contribution in [0.3, 0.4) is 0 Å². The smallest absolute Gasteiger partial charge is 0.195 e. The van der Waals surface area contributed by atoms with Crippen molar-refractivity contribution >= 4 is 8.32 Å². The molecule has 0 amide bonds. The molecular weight excluding hydrogens is 302 g/mol. The zero-order valence-electron chi connectivity index (χ0n) is 14.3. The Morgan fingerprint density at radius 2 is 1.95 bits per heavy atom. The second-order valence-electron chi connectivity index (χ2n) is 7.49. The third-order valence-corrected chi connectivity index (χ3v) is 9.25. The molecule has 126 valence electrons. The Bertz CT molecular complexity index is 448. The van der Waals surface area contributed by atoms with Gasteiger partial charge in [-0.1, -0.05) is 25.9 Å². The molecule has 2 aliphatic heterocycles. The molecular formula is C14H27N3O4Si. The normalized spacial score (nSPS) is 36.4. The van der Waals surface area contributed by atoms with Gasteiger partial charge >= 0.3 is 0 Å². The molecule has 2 aliphatic rings. The van der Waals surface area contributed by atoms with Crippen LogP contribution in [-0.4, -0.2) is 45.8 Å². The molecule has 0 radical (unpaired) electrons. The van der Waals surface area contributed by atoms with Crippen molar-refractivity contribution in [2.45, 2.75) is 83.1 Å². The first kappa shape index (κ1) is 17.7. The molecule has 0 aromatic carbocycles. The van der Waals surface area contributed by atoms with Crippen LogP contribution in [0.1, 0.15) is 34.1 Å². The fourth-order valence-electron chi connectivity index (χ4n) is 2.47. The summed E-state index contributed by atoms with van der Waals surface area (Å²) in [6, 6.07) is -0.287.